The van der Waals surface area contributed by atoms with Gasteiger partial charge in [-0.3, -0.25) is 0 Å². The summed E-state index contributed by atoms with van der Waals surface area (Å²) in [5.74, 6) is 0. The molecular weight excluding hydrogens is 271 g/mol. The van der Waals surface area contributed by atoms with Crippen LogP contribution in [0.25, 0.3) is 0 Å². The maximum absolute atomic E-state index is 8.97. The minimum absolute atomic E-state index is 0. The van der Waals surface area contributed by atoms with Crippen molar-refractivity contribution in [1.82, 2.24) is 0 Å². The van der Waals surface area contributed by atoms with Crippen LogP contribution in [-0.2, 0) is 28.9 Å². The Kier molecular flexibility index (Phi) is 15.7. The summed E-state index contributed by atoms with van der Waals surface area (Å²) in [4.78, 5) is 0. The van der Waals surface area contributed by atoms with Gasteiger partial charge >= 0.3 is 71.0 Å². The van der Waals surface area contributed by atoms with E-state index in [1.54, 1.807) is 0 Å². The van der Waals surface area contributed by atoms with Crippen LogP contribution in [0.1, 0.15) is 0 Å². The Morgan fingerprint density at radius 3 is 1.14 bits per heavy atom. The zero-order valence-electron chi connectivity index (χ0n) is 2.77. The molecule has 0 aliphatic rings. The molecular formula is H5CaO4SbSc. The van der Waals surface area contributed by atoms with E-state index >= 15 is 0 Å². The third-order valence-corrected chi connectivity index (χ3v) is 0. The average molecular weight is 276 g/mol. The third kappa shape index (κ3) is 54.9. The summed E-state index contributed by atoms with van der Waals surface area (Å²) >= 11 is -5.35. The van der Waals surface area contributed by atoms with Crippen molar-refractivity contribution in [3.63, 3.8) is 0 Å². The molecule has 0 aliphatic heterocycles. The second-order valence-corrected chi connectivity index (χ2v) is 3.44. The van der Waals surface area contributed by atoms with Gasteiger partial charge in [0.2, 0.25) is 0 Å². The zero-order valence-corrected chi connectivity index (χ0v) is 7.13. The van der Waals surface area contributed by atoms with Gasteiger partial charge in [-0.1, -0.05) is 0 Å². The molecule has 0 heterocycles. The second kappa shape index (κ2) is 6.74. The monoisotopic (exact) mass is 275 g/mol. The van der Waals surface area contributed by atoms with Gasteiger partial charge in [-0.15, -0.1) is 0 Å². The van der Waals surface area contributed by atoms with E-state index in [2.05, 4.69) is 0 Å². The average Bonchev–Trinajstić information content (AvgIpc) is 0.722. The number of hydrogen-bond donors (Lipinski definition) is 3. The summed E-state index contributed by atoms with van der Waals surface area (Å²) < 4.78 is 30.8. The molecule has 0 bridgehead atoms. The van der Waals surface area contributed by atoms with E-state index in [-0.39, 0.29) is 63.6 Å². The van der Waals surface area contributed by atoms with Crippen LogP contribution in [0.4, 0.5) is 0 Å². The molecule has 1 radical (unpaired) electrons. The van der Waals surface area contributed by atoms with Crippen molar-refractivity contribution >= 4 is 57.8 Å². The Hall–Kier alpha value is 2.63. The maximum atomic E-state index is 8.97. The smallest absolute Gasteiger partial charge is 0 e. The van der Waals surface area contributed by atoms with Crippen LogP contribution in [0, 0.1) is 0 Å². The van der Waals surface area contributed by atoms with E-state index in [0.717, 1.165) is 0 Å². The molecule has 0 atom stereocenters. The Morgan fingerprint density at radius 1 is 1.14 bits per heavy atom. The van der Waals surface area contributed by atoms with Crippen molar-refractivity contribution in [1.29, 1.82) is 0 Å². The predicted molar refractivity (Wildman–Crippen MR) is 21.6 cm³/mol. The molecule has 0 amide bonds. The predicted octanol–water partition coefficient (Wildman–Crippen LogP) is -3.09. The van der Waals surface area contributed by atoms with Crippen LogP contribution >= 0.6 is 0 Å². The molecule has 0 rings (SSSR count). The summed E-state index contributed by atoms with van der Waals surface area (Å²) in [5.41, 5.74) is 0. The second-order valence-electron chi connectivity index (χ2n) is 0.513. The first-order valence-electron chi connectivity index (χ1n) is 0.783. The molecule has 0 saturated carbocycles. The summed E-state index contributed by atoms with van der Waals surface area (Å²) in [6.45, 7) is 0. The maximum Gasteiger partial charge on any atom is 0 e. The molecule has 0 aromatic rings. The van der Waals surface area contributed by atoms with Crippen molar-refractivity contribution < 1.29 is 39.0 Å². The summed E-state index contributed by atoms with van der Waals surface area (Å²) in [5, 5.41) is 0. The fraction of sp³-hybridized carbons (Fsp3) is 0. The summed E-state index contributed by atoms with van der Waals surface area (Å²) in [6.07, 6.45) is 0. The van der Waals surface area contributed by atoms with Crippen molar-refractivity contribution in [2.24, 2.45) is 0 Å². The minimum Gasteiger partial charge on any atom is 0 e. The number of hydrogen-bond acceptors (Lipinski definition) is 1. The molecule has 4 nitrogen and oxygen atoms in total. The van der Waals surface area contributed by atoms with Gasteiger partial charge in [-0.25, -0.2) is 0 Å². The van der Waals surface area contributed by atoms with Gasteiger partial charge in [0.25, 0.3) is 0 Å². The molecule has 3 N–H and O–H groups in total. The Labute approximate surface area is 94.8 Å². The summed E-state index contributed by atoms with van der Waals surface area (Å²) in [7, 11) is 0. The topological polar surface area (TPSA) is 77.8 Å². The molecule has 7 heteroatoms. The van der Waals surface area contributed by atoms with Crippen molar-refractivity contribution in [2.75, 3.05) is 0 Å². The standard InChI is InChI=1S/Ca.3H2O.O.Sb.Sc.2H/h;3*1H2;;;;;/q;;;;;+3;;;/p-3. The Bertz CT molecular complexity index is 57.8. The fourth-order valence-electron chi connectivity index (χ4n) is 0. The SMILES string of the molecule is [CaH2].[O]=[Sb]([OH])([OH])[OH].[Sc]. The van der Waals surface area contributed by atoms with Crippen molar-refractivity contribution in [3.05, 3.63) is 0 Å². The van der Waals surface area contributed by atoms with E-state index in [0.29, 0.717) is 0 Å². The van der Waals surface area contributed by atoms with E-state index in [4.69, 9.17) is 13.2 Å². The first-order valence-corrected chi connectivity index (χ1v) is 5.25. The molecule has 0 fully saturated rings. The Balaban J connectivity index is -0.0000000800. The van der Waals surface area contributed by atoms with Gasteiger partial charge in [-0.2, -0.15) is 0 Å². The van der Waals surface area contributed by atoms with Gasteiger partial charge in [-0.05, 0) is 0 Å². The van der Waals surface area contributed by atoms with Crippen LogP contribution in [-0.4, -0.2) is 67.9 Å². The van der Waals surface area contributed by atoms with E-state index in [1.165, 1.54) is 0 Å². The molecule has 0 spiro atoms. The molecule has 0 aromatic heterocycles. The molecule has 39 valence electrons. The van der Waals surface area contributed by atoms with Gasteiger partial charge in [0.1, 0.15) is 0 Å². The van der Waals surface area contributed by atoms with Gasteiger partial charge in [0.15, 0.2) is 0 Å². The van der Waals surface area contributed by atoms with Crippen molar-refractivity contribution in [2.45, 2.75) is 0 Å². The normalized spacial score (nSPS) is 8.43. The zero-order chi connectivity index (χ0) is 4.50. The molecule has 0 aromatic carbocycles. The molecule has 0 saturated heterocycles. The van der Waals surface area contributed by atoms with Gasteiger partial charge < -0.3 is 0 Å². The largest absolute Gasteiger partial charge is 0 e. The minimum atomic E-state index is -5.35. The van der Waals surface area contributed by atoms with E-state index in [1.807, 2.05) is 0 Å². The molecule has 7 heavy (non-hydrogen) atoms. The van der Waals surface area contributed by atoms with E-state index in [9.17, 15) is 0 Å². The third-order valence-electron chi connectivity index (χ3n) is 0. The summed E-state index contributed by atoms with van der Waals surface area (Å²) in [6, 6.07) is 0. The van der Waals surface area contributed by atoms with Crippen LogP contribution in [0.15, 0.2) is 0 Å². The fourth-order valence-corrected chi connectivity index (χ4v) is 0. The van der Waals surface area contributed by atoms with Crippen LogP contribution in [0.5, 0.6) is 0 Å². The van der Waals surface area contributed by atoms with Gasteiger partial charge in [0, 0.05) is 25.8 Å². The van der Waals surface area contributed by atoms with Gasteiger partial charge in [0.05, 0.1) is 0 Å². The molecule has 0 unspecified atom stereocenters. The van der Waals surface area contributed by atoms with Crippen LogP contribution in [0.3, 0.4) is 0 Å². The quantitative estimate of drug-likeness (QED) is 0.410. The van der Waals surface area contributed by atoms with E-state index < -0.39 is 20.1 Å². The van der Waals surface area contributed by atoms with Crippen LogP contribution in [0.2, 0.25) is 0 Å². The Morgan fingerprint density at radius 2 is 1.14 bits per heavy atom. The molecule has 0 aliphatic carbocycles. The van der Waals surface area contributed by atoms with Crippen LogP contribution < -0.4 is 0 Å². The van der Waals surface area contributed by atoms with Crippen molar-refractivity contribution in [3.8, 4) is 0 Å². The first kappa shape index (κ1) is 16.3. The first-order chi connectivity index (χ1) is 2.00. The number of rotatable bonds is 0.